The molecule has 0 spiro atoms. The van der Waals surface area contributed by atoms with Crippen LogP contribution in [0.25, 0.3) is 0 Å². The van der Waals surface area contributed by atoms with E-state index in [0.29, 0.717) is 12.8 Å². The molecule has 0 aromatic heterocycles. The first kappa shape index (κ1) is 22.1. The van der Waals surface area contributed by atoms with E-state index in [1.54, 1.807) is 0 Å². The Morgan fingerprint density at radius 2 is 1.70 bits per heavy atom. The summed E-state index contributed by atoms with van der Waals surface area (Å²) in [5.41, 5.74) is 2.67. The standard InChI is InChI=1S/C20H36O3/c1-16(2)10-11-19(22)18(4)9-7-14-20(5,23)13-6-8-17(3)12-15-21/h9-10,12,19,21-23H,6-8,11,13-15H2,1-5H3/b17-12+,18-9+/t19-,20?/m1/s1. The summed E-state index contributed by atoms with van der Waals surface area (Å²) in [5, 5.41) is 29.3. The van der Waals surface area contributed by atoms with Gasteiger partial charge in [0.15, 0.2) is 0 Å². The van der Waals surface area contributed by atoms with Crippen LogP contribution in [0.15, 0.2) is 34.9 Å². The predicted molar refractivity (Wildman–Crippen MR) is 98.4 cm³/mol. The Bertz CT molecular complexity index is 413. The fourth-order valence-corrected chi connectivity index (χ4v) is 2.41. The van der Waals surface area contributed by atoms with Gasteiger partial charge in [-0.05, 0) is 78.7 Å². The second-order valence-electron chi connectivity index (χ2n) is 7.10. The summed E-state index contributed by atoms with van der Waals surface area (Å²) in [7, 11) is 0. The van der Waals surface area contributed by atoms with E-state index in [1.807, 2.05) is 52.8 Å². The van der Waals surface area contributed by atoms with Gasteiger partial charge < -0.3 is 15.3 Å². The zero-order chi connectivity index (χ0) is 17.9. The zero-order valence-corrected chi connectivity index (χ0v) is 15.6. The van der Waals surface area contributed by atoms with E-state index in [4.69, 9.17) is 5.11 Å². The molecule has 0 aromatic carbocycles. The molecule has 134 valence electrons. The fraction of sp³-hybridized carbons (Fsp3) is 0.700. The maximum absolute atomic E-state index is 10.4. The van der Waals surface area contributed by atoms with Crippen molar-refractivity contribution in [3.63, 3.8) is 0 Å². The van der Waals surface area contributed by atoms with Crippen LogP contribution in [0.2, 0.25) is 0 Å². The Balaban J connectivity index is 4.19. The molecule has 3 N–H and O–H groups in total. The van der Waals surface area contributed by atoms with Crippen LogP contribution in [0.5, 0.6) is 0 Å². The van der Waals surface area contributed by atoms with Gasteiger partial charge >= 0.3 is 0 Å². The number of hydrogen-bond donors (Lipinski definition) is 3. The van der Waals surface area contributed by atoms with Crippen LogP contribution in [-0.2, 0) is 0 Å². The van der Waals surface area contributed by atoms with E-state index < -0.39 is 11.7 Å². The minimum atomic E-state index is -0.679. The van der Waals surface area contributed by atoms with E-state index in [0.717, 1.165) is 31.3 Å². The first-order valence-electron chi connectivity index (χ1n) is 8.65. The first-order valence-corrected chi connectivity index (χ1v) is 8.65. The van der Waals surface area contributed by atoms with Crippen molar-refractivity contribution in [3.8, 4) is 0 Å². The lowest BCUT2D eigenvalue weighted by molar-refractivity contribution is 0.0409. The summed E-state index contributed by atoms with van der Waals surface area (Å²) in [6.45, 7) is 9.97. The van der Waals surface area contributed by atoms with Gasteiger partial charge in [-0.25, -0.2) is 0 Å². The number of aliphatic hydroxyl groups is 3. The Kier molecular flexibility index (Phi) is 11.2. The highest BCUT2D eigenvalue weighted by molar-refractivity contribution is 5.08. The summed E-state index contributed by atoms with van der Waals surface area (Å²) in [6.07, 6.45) is 10.2. The highest BCUT2D eigenvalue weighted by atomic mass is 16.3. The molecule has 23 heavy (non-hydrogen) atoms. The topological polar surface area (TPSA) is 60.7 Å². The number of rotatable bonds is 11. The van der Waals surface area contributed by atoms with Gasteiger partial charge in [0.25, 0.3) is 0 Å². The summed E-state index contributed by atoms with van der Waals surface area (Å²) in [4.78, 5) is 0. The molecule has 0 aliphatic heterocycles. The van der Waals surface area contributed by atoms with E-state index in [9.17, 15) is 10.2 Å². The maximum atomic E-state index is 10.4. The molecule has 0 aromatic rings. The second kappa shape index (κ2) is 11.6. The molecule has 0 aliphatic rings. The average Bonchev–Trinajstić information content (AvgIpc) is 2.44. The minimum Gasteiger partial charge on any atom is -0.392 e. The normalized spacial score (nSPS) is 16.9. The molecule has 0 fully saturated rings. The van der Waals surface area contributed by atoms with Crippen molar-refractivity contribution in [3.05, 3.63) is 34.9 Å². The van der Waals surface area contributed by atoms with Crippen molar-refractivity contribution in [1.82, 2.24) is 0 Å². The Labute approximate surface area is 142 Å². The van der Waals surface area contributed by atoms with Gasteiger partial charge in [-0.2, -0.15) is 0 Å². The summed E-state index contributed by atoms with van der Waals surface area (Å²) in [6, 6.07) is 0. The third-order valence-electron chi connectivity index (χ3n) is 4.15. The molecule has 0 rings (SSSR count). The van der Waals surface area contributed by atoms with Crippen LogP contribution in [0.4, 0.5) is 0 Å². The maximum Gasteiger partial charge on any atom is 0.0781 e. The lowest BCUT2D eigenvalue weighted by Gasteiger charge is -2.23. The second-order valence-corrected chi connectivity index (χ2v) is 7.10. The van der Waals surface area contributed by atoms with Gasteiger partial charge in [-0.1, -0.05) is 29.4 Å². The van der Waals surface area contributed by atoms with E-state index in [-0.39, 0.29) is 6.61 Å². The molecular formula is C20H36O3. The molecule has 0 bridgehead atoms. The largest absolute Gasteiger partial charge is 0.392 e. The predicted octanol–water partition coefficient (Wildman–Crippen LogP) is 4.29. The summed E-state index contributed by atoms with van der Waals surface area (Å²) >= 11 is 0. The lowest BCUT2D eigenvalue weighted by atomic mass is 9.92. The number of hydrogen-bond acceptors (Lipinski definition) is 3. The van der Waals surface area contributed by atoms with Crippen molar-refractivity contribution in [2.75, 3.05) is 6.61 Å². The minimum absolute atomic E-state index is 0.0847. The molecule has 0 heterocycles. The molecule has 3 heteroatoms. The third kappa shape index (κ3) is 12.2. The highest BCUT2D eigenvalue weighted by Gasteiger charge is 2.18. The van der Waals surface area contributed by atoms with Crippen LogP contribution in [-0.4, -0.2) is 33.6 Å². The van der Waals surface area contributed by atoms with Crippen molar-refractivity contribution in [2.45, 2.75) is 84.8 Å². The summed E-state index contributed by atoms with van der Waals surface area (Å²) in [5.74, 6) is 0. The molecule has 0 saturated carbocycles. The third-order valence-corrected chi connectivity index (χ3v) is 4.15. The van der Waals surface area contributed by atoms with E-state index >= 15 is 0 Å². The molecule has 0 saturated heterocycles. The van der Waals surface area contributed by atoms with Gasteiger partial charge in [0.1, 0.15) is 0 Å². The van der Waals surface area contributed by atoms with Crippen LogP contribution < -0.4 is 0 Å². The number of aliphatic hydroxyl groups excluding tert-OH is 2. The highest BCUT2D eigenvalue weighted by Crippen LogP contribution is 2.22. The van der Waals surface area contributed by atoms with Gasteiger partial charge in [0.05, 0.1) is 18.3 Å². The zero-order valence-electron chi connectivity index (χ0n) is 15.6. The molecule has 0 radical (unpaired) electrons. The summed E-state index contributed by atoms with van der Waals surface area (Å²) < 4.78 is 0. The fourth-order valence-electron chi connectivity index (χ4n) is 2.41. The van der Waals surface area contributed by atoms with Crippen LogP contribution in [0, 0.1) is 0 Å². The molecular weight excluding hydrogens is 288 g/mol. The SMILES string of the molecule is CC(C)=CC[C@@H](O)/C(C)=C/CCC(C)(O)CCC/C(C)=C/CO. The van der Waals surface area contributed by atoms with E-state index in [1.165, 1.54) is 11.1 Å². The van der Waals surface area contributed by atoms with Crippen LogP contribution in [0.1, 0.15) is 73.1 Å². The Hall–Kier alpha value is -0.900. The van der Waals surface area contributed by atoms with E-state index in [2.05, 4.69) is 0 Å². The number of allylic oxidation sites excluding steroid dienone is 3. The smallest absolute Gasteiger partial charge is 0.0781 e. The molecule has 2 atom stereocenters. The van der Waals surface area contributed by atoms with Crippen molar-refractivity contribution in [1.29, 1.82) is 0 Å². The van der Waals surface area contributed by atoms with Crippen LogP contribution in [0.3, 0.4) is 0 Å². The Morgan fingerprint density at radius 3 is 2.26 bits per heavy atom. The molecule has 3 nitrogen and oxygen atoms in total. The first-order chi connectivity index (χ1) is 10.7. The Morgan fingerprint density at radius 1 is 1.04 bits per heavy atom. The quantitative estimate of drug-likeness (QED) is 0.497. The van der Waals surface area contributed by atoms with Crippen LogP contribution >= 0.6 is 0 Å². The van der Waals surface area contributed by atoms with Crippen molar-refractivity contribution >= 4 is 0 Å². The van der Waals surface area contributed by atoms with Crippen molar-refractivity contribution < 1.29 is 15.3 Å². The molecule has 1 unspecified atom stereocenters. The van der Waals surface area contributed by atoms with Gasteiger partial charge in [-0.15, -0.1) is 0 Å². The molecule has 0 amide bonds. The average molecular weight is 325 g/mol. The van der Waals surface area contributed by atoms with Gasteiger partial charge in [0, 0.05) is 0 Å². The monoisotopic (exact) mass is 324 g/mol. The van der Waals surface area contributed by atoms with Crippen molar-refractivity contribution in [2.24, 2.45) is 0 Å². The lowest BCUT2D eigenvalue weighted by Crippen LogP contribution is -2.23. The molecule has 0 aliphatic carbocycles. The van der Waals surface area contributed by atoms with Gasteiger partial charge in [0.2, 0.25) is 0 Å². The van der Waals surface area contributed by atoms with Gasteiger partial charge in [-0.3, -0.25) is 0 Å².